The van der Waals surface area contributed by atoms with Crippen LogP contribution in [0.5, 0.6) is 17.6 Å². The number of hydrogen-bond donors (Lipinski definition) is 1. The van der Waals surface area contributed by atoms with Crippen LogP contribution < -0.4 is 19.5 Å². The zero-order valence-corrected chi connectivity index (χ0v) is 15.6. The first-order valence-electron chi connectivity index (χ1n) is 8.87. The van der Waals surface area contributed by atoms with E-state index in [2.05, 4.69) is 15.3 Å². The van der Waals surface area contributed by atoms with Crippen molar-refractivity contribution in [3.63, 3.8) is 0 Å². The third-order valence-electron chi connectivity index (χ3n) is 4.35. The van der Waals surface area contributed by atoms with Gasteiger partial charge in [-0.2, -0.15) is 4.98 Å². The number of aromatic nitrogens is 2. The van der Waals surface area contributed by atoms with Gasteiger partial charge in [0.15, 0.2) is 0 Å². The lowest BCUT2D eigenvalue weighted by atomic mass is 10.1. The molecule has 0 radical (unpaired) electrons. The third kappa shape index (κ3) is 5.22. The maximum absolute atomic E-state index is 12.5. The van der Waals surface area contributed by atoms with Crippen LogP contribution in [0.1, 0.15) is 18.4 Å². The zero-order chi connectivity index (χ0) is 19.1. The Kier molecular flexibility index (Phi) is 6.30. The van der Waals surface area contributed by atoms with Crippen molar-refractivity contribution in [2.75, 3.05) is 27.3 Å². The van der Waals surface area contributed by atoms with Gasteiger partial charge in [-0.3, -0.25) is 0 Å². The highest BCUT2D eigenvalue weighted by atomic mass is 16.5. The molecule has 1 saturated heterocycles. The number of urea groups is 1. The quantitative estimate of drug-likeness (QED) is 0.837. The second kappa shape index (κ2) is 9.07. The van der Waals surface area contributed by atoms with Crippen LogP contribution in [0.4, 0.5) is 4.79 Å². The highest BCUT2D eigenvalue weighted by Crippen LogP contribution is 2.18. The number of rotatable bonds is 6. The number of amides is 2. The minimum absolute atomic E-state index is 0.0978. The van der Waals surface area contributed by atoms with Gasteiger partial charge >= 0.3 is 12.0 Å². The molecule has 0 bridgehead atoms. The SMILES string of the molecule is COc1ccc(CNC(=O)N2CCCC(Oc3ccnc(OC)n3)C2)cc1. The number of hydrogen-bond acceptors (Lipinski definition) is 6. The van der Waals surface area contributed by atoms with Gasteiger partial charge in [-0.05, 0) is 30.5 Å². The van der Waals surface area contributed by atoms with Crippen LogP contribution >= 0.6 is 0 Å². The lowest BCUT2D eigenvalue weighted by Gasteiger charge is -2.32. The molecule has 1 aliphatic heterocycles. The van der Waals surface area contributed by atoms with Crippen molar-refractivity contribution in [1.82, 2.24) is 20.2 Å². The minimum Gasteiger partial charge on any atom is -0.497 e. The summed E-state index contributed by atoms with van der Waals surface area (Å²) in [5, 5.41) is 2.95. The molecule has 8 nitrogen and oxygen atoms in total. The van der Waals surface area contributed by atoms with E-state index in [0.29, 0.717) is 25.5 Å². The fourth-order valence-electron chi connectivity index (χ4n) is 2.91. The van der Waals surface area contributed by atoms with Crippen LogP contribution in [0.15, 0.2) is 36.5 Å². The van der Waals surface area contributed by atoms with Crippen LogP contribution in [0.3, 0.4) is 0 Å². The van der Waals surface area contributed by atoms with Crippen molar-refractivity contribution < 1.29 is 19.0 Å². The number of benzene rings is 1. The molecule has 1 atom stereocenters. The molecular weight excluding hydrogens is 348 g/mol. The summed E-state index contributed by atoms with van der Waals surface area (Å²) in [6.45, 7) is 1.69. The second-order valence-corrected chi connectivity index (χ2v) is 6.22. The molecule has 27 heavy (non-hydrogen) atoms. The van der Waals surface area contributed by atoms with Crippen molar-refractivity contribution in [1.29, 1.82) is 0 Å². The molecule has 3 rings (SSSR count). The van der Waals surface area contributed by atoms with E-state index in [1.54, 1.807) is 24.3 Å². The average molecular weight is 372 g/mol. The minimum atomic E-state index is -0.106. The standard InChI is InChI=1S/C19H24N4O4/c1-25-15-7-5-14(6-8-15)12-21-19(24)23-11-3-4-16(13-23)27-17-9-10-20-18(22-17)26-2/h5-10,16H,3-4,11-13H2,1-2H3,(H,21,24). The molecule has 1 unspecified atom stereocenters. The van der Waals surface area contributed by atoms with Gasteiger partial charge in [-0.25, -0.2) is 9.78 Å². The molecule has 2 heterocycles. The smallest absolute Gasteiger partial charge is 0.319 e. The number of methoxy groups -OCH3 is 2. The molecule has 1 fully saturated rings. The maximum Gasteiger partial charge on any atom is 0.319 e. The summed E-state index contributed by atoms with van der Waals surface area (Å²) in [6.07, 6.45) is 3.23. The lowest BCUT2D eigenvalue weighted by molar-refractivity contribution is 0.0969. The molecule has 8 heteroatoms. The Morgan fingerprint density at radius 3 is 2.78 bits per heavy atom. The van der Waals surface area contributed by atoms with E-state index in [9.17, 15) is 4.79 Å². The van der Waals surface area contributed by atoms with E-state index in [0.717, 1.165) is 24.2 Å². The highest BCUT2D eigenvalue weighted by Gasteiger charge is 2.25. The number of piperidine rings is 1. The van der Waals surface area contributed by atoms with E-state index in [1.165, 1.54) is 7.11 Å². The first kappa shape index (κ1) is 18.8. The van der Waals surface area contributed by atoms with E-state index < -0.39 is 0 Å². The normalized spacial score (nSPS) is 16.5. The van der Waals surface area contributed by atoms with Gasteiger partial charge in [-0.1, -0.05) is 12.1 Å². The zero-order valence-electron chi connectivity index (χ0n) is 15.6. The van der Waals surface area contributed by atoms with Crippen molar-refractivity contribution in [2.24, 2.45) is 0 Å². The van der Waals surface area contributed by atoms with Gasteiger partial charge in [0.05, 0.1) is 20.8 Å². The molecule has 1 aromatic heterocycles. The summed E-state index contributed by atoms with van der Waals surface area (Å²) in [4.78, 5) is 22.4. The van der Waals surface area contributed by atoms with Crippen molar-refractivity contribution in [2.45, 2.75) is 25.5 Å². The molecule has 1 aromatic carbocycles. The Balaban J connectivity index is 1.51. The summed E-state index contributed by atoms with van der Waals surface area (Å²) < 4.78 is 16.0. The van der Waals surface area contributed by atoms with Gasteiger partial charge in [0.2, 0.25) is 5.88 Å². The van der Waals surface area contributed by atoms with Crippen LogP contribution in [-0.2, 0) is 6.54 Å². The molecular formula is C19H24N4O4. The monoisotopic (exact) mass is 372 g/mol. The van der Waals surface area contributed by atoms with Crippen molar-refractivity contribution in [3.8, 4) is 17.6 Å². The van der Waals surface area contributed by atoms with Crippen LogP contribution in [0, 0.1) is 0 Å². The van der Waals surface area contributed by atoms with Crippen LogP contribution in [0.25, 0.3) is 0 Å². The first-order chi connectivity index (χ1) is 13.2. The van der Waals surface area contributed by atoms with Gasteiger partial charge in [-0.15, -0.1) is 0 Å². The summed E-state index contributed by atoms with van der Waals surface area (Å²) >= 11 is 0. The molecule has 1 N–H and O–H groups in total. The summed E-state index contributed by atoms with van der Waals surface area (Å²) in [5.41, 5.74) is 1.02. The van der Waals surface area contributed by atoms with Gasteiger partial charge in [0, 0.05) is 25.4 Å². The van der Waals surface area contributed by atoms with E-state index in [4.69, 9.17) is 14.2 Å². The number of nitrogens with one attached hydrogen (secondary N) is 1. The van der Waals surface area contributed by atoms with E-state index in [-0.39, 0.29) is 18.1 Å². The topological polar surface area (TPSA) is 85.8 Å². The van der Waals surface area contributed by atoms with Crippen molar-refractivity contribution >= 4 is 6.03 Å². The molecule has 0 saturated carbocycles. The van der Waals surface area contributed by atoms with Crippen LogP contribution in [0.2, 0.25) is 0 Å². The number of carbonyl (C=O) groups excluding carboxylic acids is 1. The molecule has 2 aromatic rings. The Morgan fingerprint density at radius 1 is 1.22 bits per heavy atom. The molecule has 0 aliphatic carbocycles. The molecule has 144 valence electrons. The Hall–Kier alpha value is -3.03. The fourth-order valence-corrected chi connectivity index (χ4v) is 2.91. The van der Waals surface area contributed by atoms with Crippen LogP contribution in [-0.4, -0.2) is 54.3 Å². The highest BCUT2D eigenvalue weighted by molar-refractivity contribution is 5.74. The average Bonchev–Trinajstić information content (AvgIpc) is 2.72. The lowest BCUT2D eigenvalue weighted by Crippen LogP contribution is -2.48. The molecule has 2 amide bonds. The predicted octanol–water partition coefficient (Wildman–Crippen LogP) is 2.25. The van der Waals surface area contributed by atoms with Gasteiger partial charge < -0.3 is 24.4 Å². The fraction of sp³-hybridized carbons (Fsp3) is 0.421. The van der Waals surface area contributed by atoms with Crippen molar-refractivity contribution in [3.05, 3.63) is 42.1 Å². The number of nitrogens with zero attached hydrogens (tertiary/aromatic N) is 3. The van der Waals surface area contributed by atoms with E-state index >= 15 is 0 Å². The van der Waals surface area contributed by atoms with Gasteiger partial charge in [0.25, 0.3) is 0 Å². The molecule has 1 aliphatic rings. The number of likely N-dealkylation sites (tertiary alicyclic amines) is 1. The van der Waals surface area contributed by atoms with E-state index in [1.807, 2.05) is 24.3 Å². The second-order valence-electron chi connectivity index (χ2n) is 6.22. The Morgan fingerprint density at radius 2 is 2.04 bits per heavy atom. The molecule has 0 spiro atoms. The number of ether oxygens (including phenoxy) is 3. The number of carbonyl (C=O) groups is 1. The summed E-state index contributed by atoms with van der Waals surface area (Å²) in [6, 6.07) is 9.47. The summed E-state index contributed by atoms with van der Waals surface area (Å²) in [7, 11) is 3.14. The van der Waals surface area contributed by atoms with Gasteiger partial charge in [0.1, 0.15) is 11.9 Å². The third-order valence-corrected chi connectivity index (χ3v) is 4.35. The predicted molar refractivity (Wildman–Crippen MR) is 99.0 cm³/mol. The Bertz CT molecular complexity index is 754. The summed E-state index contributed by atoms with van der Waals surface area (Å²) in [5.74, 6) is 1.25. The largest absolute Gasteiger partial charge is 0.497 e. The Labute approximate surface area is 158 Å². The maximum atomic E-state index is 12.5. The first-order valence-corrected chi connectivity index (χ1v) is 8.87.